The van der Waals surface area contributed by atoms with Gasteiger partial charge in [-0.05, 0) is 25.2 Å². The van der Waals surface area contributed by atoms with Crippen molar-refractivity contribution in [3.63, 3.8) is 0 Å². The number of esters is 1. The van der Waals surface area contributed by atoms with Crippen LogP contribution in [0.3, 0.4) is 0 Å². The van der Waals surface area contributed by atoms with Crippen LogP contribution in [0, 0.1) is 5.92 Å². The molecule has 6 heteroatoms. The lowest BCUT2D eigenvalue weighted by atomic mass is 9.80. The number of nitrogens with zero attached hydrogens (tertiary/aromatic N) is 1. The first kappa shape index (κ1) is 13.2. The lowest BCUT2D eigenvalue weighted by Gasteiger charge is -2.54. The summed E-state index contributed by atoms with van der Waals surface area (Å²) in [4.78, 5) is 14.0. The first-order valence-electron chi connectivity index (χ1n) is 6.39. The van der Waals surface area contributed by atoms with Crippen molar-refractivity contribution in [3.05, 3.63) is 29.8 Å². The summed E-state index contributed by atoms with van der Waals surface area (Å²) in [5, 5.41) is 3.78. The zero-order chi connectivity index (χ0) is 14.5. The average molecular weight is 292 g/mol. The van der Waals surface area contributed by atoms with Crippen LogP contribution in [0.1, 0.15) is 18.5 Å². The van der Waals surface area contributed by atoms with E-state index in [2.05, 4.69) is 5.32 Å². The largest absolute Gasteiger partial charge is 0.469 e. The summed E-state index contributed by atoms with van der Waals surface area (Å²) in [6.07, 6.45) is 0. The van der Waals surface area contributed by atoms with Gasteiger partial charge in [0.05, 0.1) is 13.2 Å². The van der Waals surface area contributed by atoms with E-state index in [1.54, 1.807) is 4.90 Å². The van der Waals surface area contributed by atoms with Crippen LogP contribution in [0.2, 0.25) is 0 Å². The molecule has 2 heterocycles. The second-order valence-corrected chi connectivity index (χ2v) is 5.57. The molecular formula is C14H16N2O3S. The van der Waals surface area contributed by atoms with E-state index in [-0.39, 0.29) is 12.0 Å². The fraction of sp³-hybridized carbons (Fsp3) is 0.429. The van der Waals surface area contributed by atoms with Crippen LogP contribution in [0.4, 0.5) is 0 Å². The highest BCUT2D eigenvalue weighted by Crippen LogP contribution is 2.47. The Kier molecular flexibility index (Phi) is 2.86. The molecule has 0 spiro atoms. The number of nitrogens with one attached hydrogen (secondary N) is 1. The molecule has 3 rings (SSSR count). The van der Waals surface area contributed by atoms with Gasteiger partial charge in [0.15, 0.2) is 10.8 Å². The Morgan fingerprint density at radius 3 is 2.90 bits per heavy atom. The number of para-hydroxylation sites is 1. The molecule has 0 aliphatic carbocycles. The number of hydrogen-bond donors (Lipinski definition) is 1. The van der Waals surface area contributed by atoms with Crippen LogP contribution in [0.25, 0.3) is 0 Å². The van der Waals surface area contributed by atoms with Crippen molar-refractivity contribution in [2.24, 2.45) is 5.92 Å². The van der Waals surface area contributed by atoms with E-state index in [4.69, 9.17) is 21.7 Å². The fourth-order valence-corrected chi connectivity index (χ4v) is 3.26. The smallest absolute Gasteiger partial charge is 0.317 e. The highest BCUT2D eigenvalue weighted by Gasteiger charge is 2.58. The summed E-state index contributed by atoms with van der Waals surface area (Å²) >= 11 is 5.34. The quantitative estimate of drug-likeness (QED) is 0.624. The van der Waals surface area contributed by atoms with Gasteiger partial charge in [0.25, 0.3) is 0 Å². The summed E-state index contributed by atoms with van der Waals surface area (Å²) in [5.41, 5.74) is 0.0740. The Labute approximate surface area is 122 Å². The van der Waals surface area contributed by atoms with E-state index in [0.29, 0.717) is 5.11 Å². The van der Waals surface area contributed by atoms with Gasteiger partial charge < -0.3 is 19.7 Å². The predicted octanol–water partition coefficient (Wildman–Crippen LogP) is 1.45. The molecule has 0 aromatic heterocycles. The van der Waals surface area contributed by atoms with Crippen molar-refractivity contribution >= 4 is 23.3 Å². The molecule has 2 aliphatic heterocycles. The third-order valence-corrected chi connectivity index (χ3v) is 4.58. The number of hydrogen-bond acceptors (Lipinski definition) is 4. The monoisotopic (exact) mass is 292 g/mol. The van der Waals surface area contributed by atoms with Crippen LogP contribution in [0.5, 0.6) is 5.75 Å². The highest BCUT2D eigenvalue weighted by atomic mass is 32.1. The van der Waals surface area contributed by atoms with Crippen LogP contribution in [0.15, 0.2) is 24.3 Å². The van der Waals surface area contributed by atoms with Gasteiger partial charge in [-0.3, -0.25) is 4.79 Å². The molecule has 3 unspecified atom stereocenters. The van der Waals surface area contributed by atoms with E-state index >= 15 is 0 Å². The topological polar surface area (TPSA) is 50.8 Å². The molecule has 20 heavy (non-hydrogen) atoms. The Morgan fingerprint density at radius 1 is 1.50 bits per heavy atom. The molecule has 3 atom stereocenters. The van der Waals surface area contributed by atoms with Gasteiger partial charge in [-0.25, -0.2) is 0 Å². The number of carbonyl (C=O) groups is 1. The Bertz CT molecular complexity index is 592. The van der Waals surface area contributed by atoms with E-state index in [0.717, 1.165) is 11.3 Å². The number of fused-ring (bicyclic) bond motifs is 4. The number of benzene rings is 1. The standard InChI is InChI=1S/C14H16N2O3S/c1-14-10(12(17)18-3)11(15-13(20)16(14)2)8-6-4-5-7-9(8)19-14/h4-7,10-11H,1-3H3,(H,15,20). The van der Waals surface area contributed by atoms with E-state index in [1.165, 1.54) is 7.11 Å². The number of rotatable bonds is 1. The Balaban J connectivity index is 2.18. The molecule has 2 aliphatic rings. The van der Waals surface area contributed by atoms with E-state index in [1.807, 2.05) is 38.2 Å². The minimum Gasteiger partial charge on any atom is -0.469 e. The summed E-state index contributed by atoms with van der Waals surface area (Å²) in [6.45, 7) is 1.87. The summed E-state index contributed by atoms with van der Waals surface area (Å²) in [7, 11) is 3.20. The van der Waals surface area contributed by atoms with Crippen molar-refractivity contribution in [2.75, 3.05) is 14.2 Å². The lowest BCUT2D eigenvalue weighted by molar-refractivity contribution is -0.170. The maximum absolute atomic E-state index is 12.2. The van der Waals surface area contributed by atoms with Gasteiger partial charge in [0.1, 0.15) is 11.7 Å². The zero-order valence-electron chi connectivity index (χ0n) is 11.5. The van der Waals surface area contributed by atoms with Crippen LogP contribution < -0.4 is 10.1 Å². The molecule has 0 amide bonds. The predicted molar refractivity (Wildman–Crippen MR) is 77.2 cm³/mol. The van der Waals surface area contributed by atoms with Gasteiger partial charge in [-0.2, -0.15) is 0 Å². The van der Waals surface area contributed by atoms with Crippen molar-refractivity contribution in [2.45, 2.75) is 18.7 Å². The molecule has 106 valence electrons. The SMILES string of the molecule is COC(=O)C1C2NC(=S)N(C)C1(C)Oc1ccccc12. The number of methoxy groups -OCH3 is 1. The van der Waals surface area contributed by atoms with E-state index < -0.39 is 11.6 Å². The van der Waals surface area contributed by atoms with Crippen molar-refractivity contribution in [1.82, 2.24) is 10.2 Å². The second-order valence-electron chi connectivity index (χ2n) is 5.18. The van der Waals surface area contributed by atoms with Crippen LogP contribution >= 0.6 is 12.2 Å². The number of thiocarbonyl (C=S) groups is 1. The summed E-state index contributed by atoms with van der Waals surface area (Å²) in [6, 6.07) is 7.44. The molecule has 5 nitrogen and oxygen atoms in total. The first-order chi connectivity index (χ1) is 9.49. The van der Waals surface area contributed by atoms with Crippen LogP contribution in [-0.4, -0.2) is 35.9 Å². The second kappa shape index (κ2) is 4.34. The van der Waals surface area contributed by atoms with Gasteiger partial charge in [-0.15, -0.1) is 0 Å². The average Bonchev–Trinajstić information content (AvgIpc) is 2.44. The molecule has 1 saturated heterocycles. The maximum Gasteiger partial charge on any atom is 0.317 e. The third-order valence-electron chi connectivity index (χ3n) is 4.19. The van der Waals surface area contributed by atoms with Crippen molar-refractivity contribution in [1.29, 1.82) is 0 Å². The summed E-state index contributed by atoms with van der Waals surface area (Å²) in [5.74, 6) is -0.0324. The van der Waals surface area contributed by atoms with Crippen molar-refractivity contribution in [3.8, 4) is 5.75 Å². The summed E-state index contributed by atoms with van der Waals surface area (Å²) < 4.78 is 11.1. The van der Waals surface area contributed by atoms with Gasteiger partial charge in [-0.1, -0.05) is 18.2 Å². The molecule has 1 fully saturated rings. The van der Waals surface area contributed by atoms with Gasteiger partial charge in [0, 0.05) is 12.6 Å². The fourth-order valence-electron chi connectivity index (χ4n) is 2.96. The molecule has 1 N–H and O–H groups in total. The first-order valence-corrected chi connectivity index (χ1v) is 6.80. The van der Waals surface area contributed by atoms with E-state index in [9.17, 15) is 4.79 Å². The highest BCUT2D eigenvalue weighted by molar-refractivity contribution is 7.80. The number of carbonyl (C=O) groups excluding carboxylic acids is 1. The molecule has 0 saturated carbocycles. The van der Waals surface area contributed by atoms with Gasteiger partial charge in [0.2, 0.25) is 0 Å². The van der Waals surface area contributed by atoms with Crippen molar-refractivity contribution < 1.29 is 14.3 Å². The lowest BCUT2D eigenvalue weighted by Crippen LogP contribution is -2.70. The molecule has 1 aromatic rings. The molecule has 0 radical (unpaired) electrons. The maximum atomic E-state index is 12.2. The molecule has 2 bridgehead atoms. The Hall–Kier alpha value is -1.82. The molecule has 1 aromatic carbocycles. The zero-order valence-corrected chi connectivity index (χ0v) is 12.4. The Morgan fingerprint density at radius 2 is 2.20 bits per heavy atom. The normalized spacial score (nSPS) is 30.9. The molecular weight excluding hydrogens is 276 g/mol. The minimum absolute atomic E-state index is 0.235. The number of ether oxygens (including phenoxy) is 2. The minimum atomic E-state index is -0.853. The van der Waals surface area contributed by atoms with Crippen LogP contribution in [-0.2, 0) is 9.53 Å². The van der Waals surface area contributed by atoms with Gasteiger partial charge >= 0.3 is 5.97 Å². The third kappa shape index (κ3) is 1.61.